The Morgan fingerprint density at radius 1 is 0.880 bits per heavy atom. The number of carbonyl (C=O) groups excluding carboxylic acids is 1. The van der Waals surface area contributed by atoms with Crippen LogP contribution in [0.15, 0.2) is 77.7 Å². The van der Waals surface area contributed by atoms with E-state index in [2.05, 4.69) is 10.4 Å². The molecule has 1 amide bonds. The first-order chi connectivity index (χ1) is 12.2. The Bertz CT molecular complexity index is 1140. The van der Waals surface area contributed by atoms with E-state index < -0.39 is 0 Å². The molecule has 5 heteroatoms. The van der Waals surface area contributed by atoms with Crippen LogP contribution >= 0.6 is 0 Å². The highest BCUT2D eigenvalue weighted by molar-refractivity contribution is 6.02. The van der Waals surface area contributed by atoms with Crippen LogP contribution in [0.2, 0.25) is 0 Å². The van der Waals surface area contributed by atoms with Crippen molar-refractivity contribution in [3.05, 3.63) is 83.3 Å². The number of amides is 1. The summed E-state index contributed by atoms with van der Waals surface area (Å²) >= 11 is 0. The van der Waals surface area contributed by atoms with Gasteiger partial charge in [0.25, 0.3) is 5.56 Å². The van der Waals surface area contributed by atoms with E-state index in [-0.39, 0.29) is 18.0 Å². The summed E-state index contributed by atoms with van der Waals surface area (Å²) < 4.78 is 1.18. The van der Waals surface area contributed by atoms with Crippen LogP contribution in [0, 0.1) is 0 Å². The van der Waals surface area contributed by atoms with Crippen molar-refractivity contribution in [2.24, 2.45) is 0 Å². The molecule has 1 aromatic heterocycles. The first-order valence-electron chi connectivity index (χ1n) is 7.95. The van der Waals surface area contributed by atoms with Crippen LogP contribution in [0.4, 0.5) is 5.69 Å². The average Bonchev–Trinajstić information content (AvgIpc) is 2.65. The van der Waals surface area contributed by atoms with Gasteiger partial charge in [-0.05, 0) is 17.5 Å². The maximum atomic E-state index is 12.4. The molecule has 0 aliphatic rings. The summed E-state index contributed by atoms with van der Waals surface area (Å²) in [5.41, 5.74) is 0.447. The van der Waals surface area contributed by atoms with E-state index in [1.54, 1.807) is 18.3 Å². The van der Waals surface area contributed by atoms with Crippen molar-refractivity contribution in [1.82, 2.24) is 9.78 Å². The third-order valence-electron chi connectivity index (χ3n) is 4.12. The Morgan fingerprint density at radius 2 is 1.56 bits per heavy atom. The maximum absolute atomic E-state index is 12.4. The number of nitrogens with zero attached hydrogens (tertiary/aromatic N) is 2. The van der Waals surface area contributed by atoms with Crippen molar-refractivity contribution in [2.45, 2.75) is 6.54 Å². The van der Waals surface area contributed by atoms with Gasteiger partial charge in [0.15, 0.2) is 0 Å². The number of nitrogens with one attached hydrogen (secondary N) is 1. The summed E-state index contributed by atoms with van der Waals surface area (Å²) in [6.07, 6.45) is 1.60. The summed E-state index contributed by atoms with van der Waals surface area (Å²) in [6.45, 7) is -0.132. The van der Waals surface area contributed by atoms with Gasteiger partial charge in [0.05, 0.1) is 11.6 Å². The molecular weight excluding hydrogens is 314 g/mol. The van der Waals surface area contributed by atoms with Gasteiger partial charge in [-0.3, -0.25) is 9.59 Å². The van der Waals surface area contributed by atoms with Crippen molar-refractivity contribution in [3.63, 3.8) is 0 Å². The third kappa shape index (κ3) is 2.87. The second-order valence-corrected chi connectivity index (χ2v) is 5.77. The lowest BCUT2D eigenvalue weighted by molar-refractivity contribution is -0.117. The smallest absolute Gasteiger partial charge is 0.275 e. The molecule has 0 saturated carbocycles. The summed E-state index contributed by atoms with van der Waals surface area (Å²) in [5.74, 6) is -0.291. The summed E-state index contributed by atoms with van der Waals surface area (Å²) in [7, 11) is 0. The Balaban J connectivity index is 1.62. The molecule has 4 aromatic rings. The molecule has 0 aliphatic carbocycles. The summed E-state index contributed by atoms with van der Waals surface area (Å²) in [6, 6.07) is 20.7. The van der Waals surface area contributed by atoms with Gasteiger partial charge in [0, 0.05) is 16.5 Å². The van der Waals surface area contributed by atoms with Gasteiger partial charge in [-0.1, -0.05) is 54.6 Å². The predicted octanol–water partition coefficient (Wildman–Crippen LogP) is 3.19. The molecule has 1 N–H and O–H groups in total. The highest BCUT2D eigenvalue weighted by Gasteiger charge is 2.10. The molecule has 4 rings (SSSR count). The molecule has 0 unspecified atom stereocenters. The zero-order chi connectivity index (χ0) is 17.2. The lowest BCUT2D eigenvalue weighted by Crippen LogP contribution is -2.29. The fourth-order valence-corrected chi connectivity index (χ4v) is 2.90. The average molecular weight is 329 g/mol. The van der Waals surface area contributed by atoms with Crippen molar-refractivity contribution in [3.8, 4) is 0 Å². The number of carbonyl (C=O) groups is 1. The number of hydrogen-bond donors (Lipinski definition) is 1. The Hall–Kier alpha value is -3.47. The first kappa shape index (κ1) is 15.1. The standard InChI is InChI=1S/C20H15N3O2/c24-19(22-18-11-5-8-14-6-1-3-9-16(14)18)13-23-20(25)17-10-4-2-7-15(17)12-21-23/h1-12H,13H2,(H,22,24). The Morgan fingerprint density at radius 3 is 2.40 bits per heavy atom. The fourth-order valence-electron chi connectivity index (χ4n) is 2.90. The molecule has 25 heavy (non-hydrogen) atoms. The monoisotopic (exact) mass is 329 g/mol. The van der Waals surface area contributed by atoms with Gasteiger partial charge in [0.2, 0.25) is 5.91 Å². The molecule has 0 spiro atoms. The van der Waals surface area contributed by atoms with Crippen LogP contribution in [0.3, 0.4) is 0 Å². The zero-order valence-electron chi connectivity index (χ0n) is 13.3. The highest BCUT2D eigenvalue weighted by atomic mass is 16.2. The van der Waals surface area contributed by atoms with Crippen molar-refractivity contribution >= 4 is 33.1 Å². The zero-order valence-corrected chi connectivity index (χ0v) is 13.3. The minimum absolute atomic E-state index is 0.132. The molecule has 0 radical (unpaired) electrons. The molecule has 0 aliphatic heterocycles. The lowest BCUT2D eigenvalue weighted by Gasteiger charge is -2.10. The quantitative estimate of drug-likeness (QED) is 0.628. The van der Waals surface area contributed by atoms with Crippen LogP contribution in [0.5, 0.6) is 0 Å². The predicted molar refractivity (Wildman–Crippen MR) is 98.6 cm³/mol. The van der Waals surface area contributed by atoms with Gasteiger partial charge in [0.1, 0.15) is 6.54 Å². The van der Waals surface area contributed by atoms with Crippen LogP contribution in [-0.4, -0.2) is 15.7 Å². The topological polar surface area (TPSA) is 64.0 Å². The Labute approximate surface area is 143 Å². The minimum atomic E-state index is -0.291. The third-order valence-corrected chi connectivity index (χ3v) is 4.12. The normalized spacial score (nSPS) is 10.9. The molecule has 3 aromatic carbocycles. The van der Waals surface area contributed by atoms with Crippen LogP contribution in [-0.2, 0) is 11.3 Å². The lowest BCUT2D eigenvalue weighted by atomic mass is 10.1. The van der Waals surface area contributed by atoms with Crippen LogP contribution in [0.25, 0.3) is 21.5 Å². The summed E-state index contributed by atoms with van der Waals surface area (Å²) in [5, 5.41) is 10.3. The maximum Gasteiger partial charge on any atom is 0.275 e. The van der Waals surface area contributed by atoms with E-state index in [1.807, 2.05) is 54.6 Å². The van der Waals surface area contributed by atoms with Gasteiger partial charge < -0.3 is 5.32 Å². The number of benzene rings is 3. The minimum Gasteiger partial charge on any atom is -0.324 e. The second kappa shape index (κ2) is 6.20. The van der Waals surface area contributed by atoms with Crippen molar-refractivity contribution < 1.29 is 4.79 Å². The number of hydrogen-bond acceptors (Lipinski definition) is 3. The largest absolute Gasteiger partial charge is 0.324 e. The Kier molecular flexibility index (Phi) is 3.74. The van der Waals surface area contributed by atoms with Crippen LogP contribution in [0.1, 0.15) is 0 Å². The molecule has 1 heterocycles. The number of rotatable bonds is 3. The van der Waals surface area contributed by atoms with Gasteiger partial charge >= 0.3 is 0 Å². The van der Waals surface area contributed by atoms with Gasteiger partial charge in [-0.25, -0.2) is 4.68 Å². The van der Waals surface area contributed by atoms with Gasteiger partial charge in [-0.15, -0.1) is 0 Å². The molecule has 0 fully saturated rings. The van der Waals surface area contributed by atoms with Crippen molar-refractivity contribution in [2.75, 3.05) is 5.32 Å². The van der Waals surface area contributed by atoms with E-state index >= 15 is 0 Å². The fraction of sp³-hybridized carbons (Fsp3) is 0.0500. The first-order valence-corrected chi connectivity index (χ1v) is 7.95. The SMILES string of the molecule is O=C(Cn1ncc2ccccc2c1=O)Nc1cccc2ccccc12. The highest BCUT2D eigenvalue weighted by Crippen LogP contribution is 2.22. The van der Waals surface area contributed by atoms with Crippen LogP contribution < -0.4 is 10.9 Å². The molecule has 122 valence electrons. The van der Waals surface area contributed by atoms with E-state index in [4.69, 9.17) is 0 Å². The van der Waals surface area contributed by atoms with Crippen molar-refractivity contribution in [1.29, 1.82) is 0 Å². The van der Waals surface area contributed by atoms with E-state index in [0.29, 0.717) is 5.39 Å². The van der Waals surface area contributed by atoms with E-state index in [0.717, 1.165) is 21.8 Å². The molecule has 5 nitrogen and oxygen atoms in total. The number of anilines is 1. The molecule has 0 saturated heterocycles. The molecule has 0 bridgehead atoms. The molecular formula is C20H15N3O2. The second-order valence-electron chi connectivity index (χ2n) is 5.77. The van der Waals surface area contributed by atoms with Gasteiger partial charge in [-0.2, -0.15) is 5.10 Å². The molecule has 0 atom stereocenters. The number of fused-ring (bicyclic) bond motifs is 2. The van der Waals surface area contributed by atoms with E-state index in [9.17, 15) is 9.59 Å². The van der Waals surface area contributed by atoms with E-state index in [1.165, 1.54) is 4.68 Å². The summed E-state index contributed by atoms with van der Waals surface area (Å²) in [4.78, 5) is 24.9. The number of aromatic nitrogens is 2.